The Labute approximate surface area is 155 Å². The summed E-state index contributed by atoms with van der Waals surface area (Å²) in [6.07, 6.45) is 2.36. The molecule has 0 spiro atoms. The van der Waals surface area contributed by atoms with Gasteiger partial charge in [0.2, 0.25) is 5.91 Å². The van der Waals surface area contributed by atoms with Crippen LogP contribution in [0.15, 0.2) is 91.0 Å². The van der Waals surface area contributed by atoms with E-state index < -0.39 is 0 Å². The first-order valence-corrected chi connectivity index (χ1v) is 9.18. The summed E-state index contributed by atoms with van der Waals surface area (Å²) in [5, 5.41) is 3.06. The summed E-state index contributed by atoms with van der Waals surface area (Å²) in [5.74, 6) is 0.404. The maximum atomic E-state index is 12.5. The Morgan fingerprint density at radius 3 is 1.54 bits per heavy atom. The van der Waals surface area contributed by atoms with Crippen LogP contribution < -0.4 is 5.32 Å². The maximum Gasteiger partial charge on any atom is 0.220 e. The van der Waals surface area contributed by atoms with Gasteiger partial charge in [-0.15, -0.1) is 0 Å². The van der Waals surface area contributed by atoms with E-state index in [1.54, 1.807) is 0 Å². The standard InChI is InChI=1S/C24H25NO/c26-24(25-19-22-14-8-3-9-15-22)18-23(16-20-10-4-1-5-11-20)17-21-12-6-2-7-13-21/h1-15,23H,16-19H2,(H,25,26). The van der Waals surface area contributed by atoms with Gasteiger partial charge < -0.3 is 5.32 Å². The highest BCUT2D eigenvalue weighted by Crippen LogP contribution is 2.18. The molecule has 3 rings (SSSR count). The molecule has 0 aliphatic carbocycles. The number of hydrogen-bond acceptors (Lipinski definition) is 1. The Bertz CT molecular complexity index is 743. The Hall–Kier alpha value is -2.87. The molecule has 0 bridgehead atoms. The smallest absolute Gasteiger partial charge is 0.220 e. The molecule has 0 heterocycles. The second kappa shape index (κ2) is 9.57. The highest BCUT2D eigenvalue weighted by molar-refractivity contribution is 5.76. The number of nitrogens with one attached hydrogen (secondary N) is 1. The third-order valence-electron chi connectivity index (χ3n) is 4.54. The highest BCUT2D eigenvalue weighted by atomic mass is 16.1. The minimum absolute atomic E-state index is 0.116. The van der Waals surface area contributed by atoms with Crippen LogP contribution in [0, 0.1) is 5.92 Å². The zero-order valence-corrected chi connectivity index (χ0v) is 15.0. The van der Waals surface area contributed by atoms with Crippen LogP contribution in [-0.4, -0.2) is 5.91 Å². The van der Waals surface area contributed by atoms with Crippen molar-refractivity contribution >= 4 is 5.91 Å². The second-order valence-electron chi connectivity index (χ2n) is 6.71. The molecule has 1 N–H and O–H groups in total. The lowest BCUT2D eigenvalue weighted by Crippen LogP contribution is -2.26. The number of carbonyl (C=O) groups is 1. The lowest BCUT2D eigenvalue weighted by molar-refractivity contribution is -0.122. The molecule has 0 fully saturated rings. The van der Waals surface area contributed by atoms with E-state index in [4.69, 9.17) is 0 Å². The van der Waals surface area contributed by atoms with E-state index >= 15 is 0 Å². The molecule has 3 aromatic rings. The summed E-state index contributed by atoms with van der Waals surface area (Å²) in [5.41, 5.74) is 3.69. The summed E-state index contributed by atoms with van der Waals surface area (Å²) in [4.78, 5) is 12.5. The third-order valence-corrected chi connectivity index (χ3v) is 4.54. The highest BCUT2D eigenvalue weighted by Gasteiger charge is 2.15. The van der Waals surface area contributed by atoms with E-state index in [1.807, 2.05) is 42.5 Å². The van der Waals surface area contributed by atoms with E-state index in [9.17, 15) is 4.79 Å². The van der Waals surface area contributed by atoms with Gasteiger partial charge in [-0.25, -0.2) is 0 Å². The van der Waals surface area contributed by atoms with Gasteiger partial charge in [0.15, 0.2) is 0 Å². The first kappa shape index (κ1) is 17.9. The van der Waals surface area contributed by atoms with Crippen molar-refractivity contribution in [1.82, 2.24) is 5.32 Å². The number of amides is 1. The molecular weight excluding hydrogens is 318 g/mol. The zero-order chi connectivity index (χ0) is 18.0. The molecule has 2 nitrogen and oxygen atoms in total. The molecule has 3 aromatic carbocycles. The zero-order valence-electron chi connectivity index (χ0n) is 15.0. The summed E-state index contributed by atoms with van der Waals surface area (Å²) in [6.45, 7) is 0.586. The third kappa shape index (κ3) is 5.89. The lowest BCUT2D eigenvalue weighted by Gasteiger charge is -2.17. The normalized spacial score (nSPS) is 10.7. The molecule has 0 aliphatic rings. The number of carbonyl (C=O) groups excluding carboxylic acids is 1. The van der Waals surface area contributed by atoms with Gasteiger partial charge in [-0.3, -0.25) is 4.79 Å². The van der Waals surface area contributed by atoms with Crippen LogP contribution in [0.3, 0.4) is 0 Å². The molecule has 0 aromatic heterocycles. The number of benzene rings is 3. The fourth-order valence-corrected chi connectivity index (χ4v) is 3.24. The van der Waals surface area contributed by atoms with Crippen LogP contribution in [0.4, 0.5) is 0 Å². The van der Waals surface area contributed by atoms with Gasteiger partial charge in [0.1, 0.15) is 0 Å². The van der Waals surface area contributed by atoms with Crippen LogP contribution in [-0.2, 0) is 24.2 Å². The van der Waals surface area contributed by atoms with Crippen LogP contribution in [0.25, 0.3) is 0 Å². The summed E-state index contributed by atoms with van der Waals surface area (Å²) in [7, 11) is 0. The van der Waals surface area contributed by atoms with Crippen LogP contribution in [0.5, 0.6) is 0 Å². The van der Waals surface area contributed by atoms with Gasteiger partial charge in [0.05, 0.1) is 0 Å². The summed E-state index contributed by atoms with van der Waals surface area (Å²) in [6, 6.07) is 30.9. The largest absolute Gasteiger partial charge is 0.352 e. The van der Waals surface area contributed by atoms with Gasteiger partial charge in [-0.05, 0) is 35.4 Å². The van der Waals surface area contributed by atoms with E-state index in [0.717, 1.165) is 18.4 Å². The molecule has 0 radical (unpaired) electrons. The Balaban J connectivity index is 1.61. The average Bonchev–Trinajstić information content (AvgIpc) is 2.69. The predicted octanol–water partition coefficient (Wildman–Crippen LogP) is 4.79. The quantitative estimate of drug-likeness (QED) is 0.626. The topological polar surface area (TPSA) is 29.1 Å². The first-order chi connectivity index (χ1) is 12.8. The molecule has 0 aliphatic heterocycles. The van der Waals surface area contributed by atoms with E-state index in [2.05, 4.69) is 53.8 Å². The van der Waals surface area contributed by atoms with Crippen molar-refractivity contribution < 1.29 is 4.79 Å². The van der Waals surface area contributed by atoms with Crippen molar-refractivity contribution in [3.8, 4) is 0 Å². The fourth-order valence-electron chi connectivity index (χ4n) is 3.24. The molecule has 132 valence electrons. The molecule has 0 saturated heterocycles. The maximum absolute atomic E-state index is 12.5. The minimum Gasteiger partial charge on any atom is -0.352 e. The molecular formula is C24H25NO. The van der Waals surface area contributed by atoms with Gasteiger partial charge in [-0.2, -0.15) is 0 Å². The Morgan fingerprint density at radius 2 is 1.08 bits per heavy atom. The molecule has 0 saturated carbocycles. The number of rotatable bonds is 8. The molecule has 2 heteroatoms. The lowest BCUT2D eigenvalue weighted by atomic mass is 9.89. The monoisotopic (exact) mass is 343 g/mol. The summed E-state index contributed by atoms with van der Waals surface area (Å²) < 4.78 is 0. The molecule has 26 heavy (non-hydrogen) atoms. The van der Waals surface area contributed by atoms with Crippen molar-refractivity contribution in [2.24, 2.45) is 5.92 Å². The number of hydrogen-bond donors (Lipinski definition) is 1. The van der Waals surface area contributed by atoms with E-state index in [-0.39, 0.29) is 11.8 Å². The summed E-state index contributed by atoms with van der Waals surface area (Å²) >= 11 is 0. The van der Waals surface area contributed by atoms with Crippen molar-refractivity contribution in [1.29, 1.82) is 0 Å². The van der Waals surface area contributed by atoms with Crippen LogP contribution >= 0.6 is 0 Å². The predicted molar refractivity (Wildman–Crippen MR) is 107 cm³/mol. The van der Waals surface area contributed by atoms with Crippen molar-refractivity contribution in [2.45, 2.75) is 25.8 Å². The minimum atomic E-state index is 0.116. The molecule has 0 atom stereocenters. The molecule has 0 unspecified atom stereocenters. The van der Waals surface area contributed by atoms with Gasteiger partial charge in [0.25, 0.3) is 0 Å². The first-order valence-electron chi connectivity index (χ1n) is 9.18. The van der Waals surface area contributed by atoms with E-state index in [0.29, 0.717) is 13.0 Å². The fraction of sp³-hybridized carbons (Fsp3) is 0.208. The Kier molecular flexibility index (Phi) is 6.60. The second-order valence-corrected chi connectivity index (χ2v) is 6.71. The van der Waals surface area contributed by atoms with Crippen LogP contribution in [0.2, 0.25) is 0 Å². The molecule has 1 amide bonds. The van der Waals surface area contributed by atoms with Crippen molar-refractivity contribution in [3.63, 3.8) is 0 Å². The van der Waals surface area contributed by atoms with Crippen LogP contribution in [0.1, 0.15) is 23.1 Å². The van der Waals surface area contributed by atoms with E-state index in [1.165, 1.54) is 11.1 Å². The van der Waals surface area contributed by atoms with Gasteiger partial charge in [-0.1, -0.05) is 91.0 Å². The Morgan fingerprint density at radius 1 is 0.654 bits per heavy atom. The SMILES string of the molecule is O=C(CC(Cc1ccccc1)Cc1ccccc1)NCc1ccccc1. The van der Waals surface area contributed by atoms with Crippen molar-refractivity contribution in [2.75, 3.05) is 0 Å². The van der Waals surface area contributed by atoms with Gasteiger partial charge in [0, 0.05) is 13.0 Å². The average molecular weight is 343 g/mol. The van der Waals surface area contributed by atoms with Crippen molar-refractivity contribution in [3.05, 3.63) is 108 Å². The van der Waals surface area contributed by atoms with Gasteiger partial charge >= 0.3 is 0 Å².